The fourth-order valence-corrected chi connectivity index (χ4v) is 10.0. The zero-order valence-electron chi connectivity index (χ0n) is 22.2. The van der Waals surface area contributed by atoms with E-state index in [4.69, 9.17) is 4.74 Å². The van der Waals surface area contributed by atoms with E-state index in [1.807, 2.05) is 51.1 Å². The summed E-state index contributed by atoms with van der Waals surface area (Å²) in [7, 11) is -3.57. The standard InChI is InChI=1S/C32H37NO2SSi/c1-32(2,3)36(34)33-31(37(4,29-16-10-6-11-17-29)30-18-12-7-13-19-30)24-26-20-22-28(23-21-26)35-25-27-14-8-5-9-15-27/h5-23,31,33H,24-25H2,1-4H3/t31-,36-/m1/s1. The molecule has 0 saturated heterocycles. The normalized spacial score (nSPS) is 13.6. The van der Waals surface area contributed by atoms with Crippen LogP contribution in [-0.2, 0) is 24.0 Å². The van der Waals surface area contributed by atoms with Gasteiger partial charge in [-0.2, -0.15) is 0 Å². The van der Waals surface area contributed by atoms with E-state index in [-0.39, 0.29) is 10.4 Å². The Morgan fingerprint density at radius 1 is 0.730 bits per heavy atom. The van der Waals surface area contributed by atoms with E-state index in [1.165, 1.54) is 15.9 Å². The molecule has 0 saturated carbocycles. The van der Waals surface area contributed by atoms with Crippen LogP contribution in [0.15, 0.2) is 115 Å². The molecule has 0 radical (unpaired) electrons. The summed E-state index contributed by atoms with van der Waals surface area (Å²) in [5.74, 6) is 0.849. The minimum Gasteiger partial charge on any atom is -0.489 e. The molecule has 192 valence electrons. The summed E-state index contributed by atoms with van der Waals surface area (Å²) in [4.78, 5) is 0. The summed E-state index contributed by atoms with van der Waals surface area (Å²) < 4.78 is 22.7. The van der Waals surface area contributed by atoms with E-state index in [9.17, 15) is 4.21 Å². The van der Waals surface area contributed by atoms with Crippen molar-refractivity contribution in [2.75, 3.05) is 0 Å². The number of rotatable bonds is 10. The smallest absolute Gasteiger partial charge is 0.133 e. The Balaban J connectivity index is 1.65. The average Bonchev–Trinajstić information content (AvgIpc) is 2.93. The number of benzene rings is 4. The molecule has 0 aliphatic rings. The van der Waals surface area contributed by atoms with Crippen LogP contribution in [0.1, 0.15) is 31.9 Å². The molecule has 37 heavy (non-hydrogen) atoms. The van der Waals surface area contributed by atoms with Crippen molar-refractivity contribution in [3.63, 3.8) is 0 Å². The Hall–Kier alpha value is -2.99. The lowest BCUT2D eigenvalue weighted by Gasteiger charge is -2.38. The van der Waals surface area contributed by atoms with Gasteiger partial charge in [-0.3, -0.25) is 0 Å². The highest BCUT2D eigenvalue weighted by molar-refractivity contribution is 7.84. The first kappa shape index (κ1) is 27.1. The molecule has 0 bridgehead atoms. The van der Waals surface area contributed by atoms with Gasteiger partial charge in [0, 0.05) is 5.67 Å². The molecule has 0 amide bonds. The van der Waals surface area contributed by atoms with Crippen LogP contribution in [0.4, 0.5) is 0 Å². The van der Waals surface area contributed by atoms with Crippen molar-refractivity contribution >= 4 is 29.4 Å². The molecule has 3 nitrogen and oxygen atoms in total. The number of ether oxygens (including phenoxy) is 1. The summed E-state index contributed by atoms with van der Waals surface area (Å²) in [5.41, 5.74) is 2.36. The predicted molar refractivity (Wildman–Crippen MR) is 160 cm³/mol. The topological polar surface area (TPSA) is 38.3 Å². The van der Waals surface area contributed by atoms with E-state index < -0.39 is 19.1 Å². The van der Waals surface area contributed by atoms with Gasteiger partial charge in [0.25, 0.3) is 0 Å². The van der Waals surface area contributed by atoms with Gasteiger partial charge in [-0.15, -0.1) is 0 Å². The first-order chi connectivity index (χ1) is 17.8. The minimum atomic E-state index is -2.36. The van der Waals surface area contributed by atoms with E-state index in [1.54, 1.807) is 0 Å². The second kappa shape index (κ2) is 12.0. The highest BCUT2D eigenvalue weighted by atomic mass is 32.2. The summed E-state index contributed by atoms with van der Waals surface area (Å²) >= 11 is 0. The van der Waals surface area contributed by atoms with Crippen LogP contribution < -0.4 is 19.8 Å². The van der Waals surface area contributed by atoms with E-state index in [2.05, 4.69) is 96.2 Å². The molecule has 1 N–H and O–H groups in total. The van der Waals surface area contributed by atoms with Gasteiger partial charge in [-0.1, -0.05) is 120 Å². The van der Waals surface area contributed by atoms with Crippen molar-refractivity contribution in [2.45, 2.75) is 50.8 Å². The van der Waals surface area contributed by atoms with Crippen LogP contribution >= 0.6 is 0 Å². The van der Waals surface area contributed by atoms with Crippen LogP contribution in [0, 0.1) is 0 Å². The van der Waals surface area contributed by atoms with Crippen molar-refractivity contribution in [1.29, 1.82) is 0 Å². The molecular weight excluding hydrogens is 491 g/mol. The summed E-state index contributed by atoms with van der Waals surface area (Å²) in [5, 5.41) is 2.65. The van der Waals surface area contributed by atoms with Crippen LogP contribution in [0.3, 0.4) is 0 Å². The van der Waals surface area contributed by atoms with Crippen LogP contribution in [0.2, 0.25) is 6.55 Å². The molecule has 5 heteroatoms. The fraction of sp³-hybridized carbons (Fsp3) is 0.250. The number of hydrogen-bond donors (Lipinski definition) is 1. The Labute approximate surface area is 225 Å². The molecule has 0 unspecified atom stereocenters. The van der Waals surface area contributed by atoms with Gasteiger partial charge in [0.15, 0.2) is 0 Å². The molecule has 2 atom stereocenters. The van der Waals surface area contributed by atoms with Gasteiger partial charge < -0.3 is 4.74 Å². The molecule has 0 aromatic heterocycles. The van der Waals surface area contributed by atoms with E-state index in [0.717, 1.165) is 17.7 Å². The van der Waals surface area contributed by atoms with Crippen molar-refractivity contribution in [2.24, 2.45) is 0 Å². The minimum absolute atomic E-state index is 0.0217. The molecule has 0 aliphatic carbocycles. The van der Waals surface area contributed by atoms with Gasteiger partial charge in [0.1, 0.15) is 20.4 Å². The fourth-order valence-electron chi connectivity index (χ4n) is 4.51. The zero-order chi connectivity index (χ0) is 26.3. The van der Waals surface area contributed by atoms with E-state index in [0.29, 0.717) is 6.61 Å². The first-order valence-electron chi connectivity index (χ1n) is 12.8. The second-order valence-electron chi connectivity index (χ2n) is 10.6. The average molecular weight is 528 g/mol. The highest BCUT2D eigenvalue weighted by Crippen LogP contribution is 2.21. The molecule has 0 heterocycles. The van der Waals surface area contributed by atoms with Gasteiger partial charge in [-0.05, 0) is 50.5 Å². The Bertz CT molecular complexity index is 1230. The van der Waals surface area contributed by atoms with Crippen LogP contribution in [0.5, 0.6) is 5.75 Å². The number of nitrogens with one attached hydrogen (secondary N) is 1. The maximum absolute atomic E-state index is 13.5. The third-order valence-electron chi connectivity index (χ3n) is 6.86. The largest absolute Gasteiger partial charge is 0.489 e. The molecular formula is C32H37NO2SSi. The maximum Gasteiger partial charge on any atom is 0.133 e. The van der Waals surface area contributed by atoms with Crippen molar-refractivity contribution in [1.82, 2.24) is 4.72 Å². The molecule has 0 spiro atoms. The van der Waals surface area contributed by atoms with E-state index >= 15 is 0 Å². The lowest BCUT2D eigenvalue weighted by atomic mass is 10.1. The summed E-state index contributed by atoms with van der Waals surface area (Å²) in [6.45, 7) is 9.01. The van der Waals surface area contributed by atoms with Gasteiger partial charge in [-0.25, -0.2) is 8.93 Å². The number of hydrogen-bond acceptors (Lipinski definition) is 2. The zero-order valence-corrected chi connectivity index (χ0v) is 24.0. The second-order valence-corrected chi connectivity index (χ2v) is 16.9. The van der Waals surface area contributed by atoms with Crippen LogP contribution in [-0.4, -0.2) is 22.7 Å². The predicted octanol–water partition coefficient (Wildman–Crippen LogP) is 5.66. The third-order valence-corrected chi connectivity index (χ3v) is 13.5. The van der Waals surface area contributed by atoms with Gasteiger partial charge in [0.2, 0.25) is 0 Å². The Morgan fingerprint density at radius 3 is 1.70 bits per heavy atom. The van der Waals surface area contributed by atoms with Crippen molar-refractivity contribution in [3.05, 3.63) is 126 Å². The molecule has 0 fully saturated rings. The SMILES string of the molecule is CC(C)(C)[S@@](=O)N[C@@H](Cc1ccc(OCc2ccccc2)cc1)[Si](C)(c1ccccc1)c1ccccc1. The third kappa shape index (κ3) is 6.86. The first-order valence-corrected chi connectivity index (χ1v) is 16.5. The Kier molecular flexibility index (Phi) is 8.80. The van der Waals surface area contributed by atoms with Crippen LogP contribution in [0.25, 0.3) is 0 Å². The molecule has 4 aromatic rings. The van der Waals surface area contributed by atoms with Crippen molar-refractivity contribution < 1.29 is 8.95 Å². The molecule has 0 aliphatic heterocycles. The quantitative estimate of drug-likeness (QED) is 0.270. The molecule has 4 rings (SSSR count). The highest BCUT2D eigenvalue weighted by Gasteiger charge is 2.42. The Morgan fingerprint density at radius 2 is 1.22 bits per heavy atom. The molecule has 4 aromatic carbocycles. The monoisotopic (exact) mass is 527 g/mol. The maximum atomic E-state index is 13.5. The lowest BCUT2D eigenvalue weighted by Crippen LogP contribution is -2.69. The lowest BCUT2D eigenvalue weighted by molar-refractivity contribution is 0.306. The summed E-state index contributed by atoms with van der Waals surface area (Å²) in [6, 6.07) is 40.1. The van der Waals surface area contributed by atoms with Gasteiger partial charge >= 0.3 is 0 Å². The summed E-state index contributed by atoms with van der Waals surface area (Å²) in [6.07, 6.45) is 0.771. The van der Waals surface area contributed by atoms with Crippen molar-refractivity contribution in [3.8, 4) is 5.75 Å². The van der Waals surface area contributed by atoms with Gasteiger partial charge in [0.05, 0.1) is 15.7 Å².